The Bertz CT molecular complexity index is 872. The summed E-state index contributed by atoms with van der Waals surface area (Å²) in [5.74, 6) is 1.27. The summed E-state index contributed by atoms with van der Waals surface area (Å²) in [6, 6.07) is 14.8. The molecule has 2 aromatic carbocycles. The van der Waals surface area contributed by atoms with Gasteiger partial charge in [0.1, 0.15) is 6.04 Å². The fourth-order valence-corrected chi connectivity index (χ4v) is 3.98. The summed E-state index contributed by atoms with van der Waals surface area (Å²) in [5, 5.41) is 5.10. The van der Waals surface area contributed by atoms with Crippen molar-refractivity contribution < 1.29 is 24.0 Å². The molecule has 2 aliphatic rings. The molecule has 0 spiro atoms. The van der Waals surface area contributed by atoms with E-state index in [4.69, 9.17) is 9.47 Å². The molecular weight excluding hydrogens is 370 g/mol. The van der Waals surface area contributed by atoms with Gasteiger partial charge >= 0.3 is 6.03 Å². The molecule has 3 amide bonds. The molecule has 7 heteroatoms. The zero-order valence-electron chi connectivity index (χ0n) is 16.3. The van der Waals surface area contributed by atoms with Crippen molar-refractivity contribution in [3.05, 3.63) is 54.1 Å². The number of hydrogen-bond donors (Lipinski definition) is 3. The molecule has 29 heavy (non-hydrogen) atoms. The summed E-state index contributed by atoms with van der Waals surface area (Å²) in [6.07, 6.45) is 2.91. The van der Waals surface area contributed by atoms with Crippen LogP contribution in [0.4, 0.5) is 10.5 Å². The Morgan fingerprint density at radius 2 is 1.79 bits per heavy atom. The Morgan fingerprint density at radius 1 is 1.00 bits per heavy atom. The molecule has 7 nitrogen and oxygen atoms in total. The maximum absolute atomic E-state index is 12.4. The number of para-hydroxylation sites is 1. The second-order valence-corrected chi connectivity index (χ2v) is 7.40. The Balaban J connectivity index is 1.36. The average molecular weight is 396 g/mol. The third-order valence-corrected chi connectivity index (χ3v) is 5.33. The Kier molecular flexibility index (Phi) is 5.95. The lowest BCUT2D eigenvalue weighted by atomic mass is 10.0. The smallest absolute Gasteiger partial charge is 0.326 e. The van der Waals surface area contributed by atoms with E-state index in [-0.39, 0.29) is 18.5 Å². The molecule has 2 heterocycles. The molecule has 0 bridgehead atoms. The normalized spacial score (nSPS) is 20.6. The molecule has 3 N–H and O–H groups in total. The van der Waals surface area contributed by atoms with E-state index in [0.29, 0.717) is 18.9 Å². The van der Waals surface area contributed by atoms with Gasteiger partial charge in [0.25, 0.3) is 5.91 Å². The van der Waals surface area contributed by atoms with Crippen LogP contribution < -0.4 is 25.0 Å². The molecule has 2 aromatic rings. The van der Waals surface area contributed by atoms with Crippen LogP contribution in [0.1, 0.15) is 30.9 Å². The average Bonchev–Trinajstić information content (AvgIpc) is 3.03. The number of amides is 3. The van der Waals surface area contributed by atoms with Crippen LogP contribution in [0, 0.1) is 0 Å². The molecule has 2 aliphatic heterocycles. The minimum absolute atomic E-state index is 0.204. The van der Waals surface area contributed by atoms with Gasteiger partial charge in [-0.2, -0.15) is 0 Å². The van der Waals surface area contributed by atoms with Gasteiger partial charge in [-0.3, -0.25) is 10.1 Å². The number of nitrogens with one attached hydrogen (secondary N) is 3. The van der Waals surface area contributed by atoms with Crippen molar-refractivity contribution in [2.75, 3.05) is 31.6 Å². The van der Waals surface area contributed by atoms with Crippen molar-refractivity contribution in [3.8, 4) is 11.5 Å². The predicted octanol–water partition coefficient (Wildman–Crippen LogP) is 1.92. The Hall–Kier alpha value is -3.06. The summed E-state index contributed by atoms with van der Waals surface area (Å²) in [4.78, 5) is 25.6. The molecule has 0 saturated carbocycles. The number of fused-ring (bicyclic) bond motifs is 1. The van der Waals surface area contributed by atoms with E-state index in [2.05, 4.69) is 16.7 Å². The number of carbonyl (C=O) groups is 2. The van der Waals surface area contributed by atoms with Gasteiger partial charge in [-0.15, -0.1) is 0 Å². The first kappa shape index (κ1) is 19.3. The maximum Gasteiger partial charge on any atom is 0.326 e. The summed E-state index contributed by atoms with van der Waals surface area (Å²) in [7, 11) is 0. The number of benzene rings is 2. The van der Waals surface area contributed by atoms with Crippen molar-refractivity contribution >= 4 is 17.6 Å². The first-order valence-electron chi connectivity index (χ1n) is 10.1. The molecule has 0 aliphatic carbocycles. The number of likely N-dealkylation sites (tertiary alicyclic amines) is 1. The van der Waals surface area contributed by atoms with Gasteiger partial charge in [-0.1, -0.05) is 18.2 Å². The lowest BCUT2D eigenvalue weighted by Gasteiger charge is -2.22. The fraction of sp³-hybridized carbons (Fsp3) is 0.364. The molecule has 2 atom stereocenters. The van der Waals surface area contributed by atoms with E-state index >= 15 is 0 Å². The summed E-state index contributed by atoms with van der Waals surface area (Å²) in [6.45, 7) is 2.46. The highest BCUT2D eigenvalue weighted by molar-refractivity contribution is 6.01. The van der Waals surface area contributed by atoms with Gasteiger partial charge < -0.3 is 19.7 Å². The van der Waals surface area contributed by atoms with Crippen LogP contribution in [0.25, 0.3) is 0 Å². The SMILES string of the molecule is O=C(C[NH+]1CCC[C@H]1c1ccc2c(c1)OCCCO2)NC(=O)Nc1ccccc1. The molecule has 1 fully saturated rings. The maximum atomic E-state index is 12.4. The van der Waals surface area contributed by atoms with Crippen LogP contribution in [-0.2, 0) is 4.79 Å². The quantitative estimate of drug-likeness (QED) is 0.738. The topological polar surface area (TPSA) is 81.1 Å². The highest BCUT2D eigenvalue weighted by Gasteiger charge is 2.32. The number of carbonyl (C=O) groups excluding carboxylic acids is 2. The van der Waals surface area contributed by atoms with Gasteiger partial charge in [-0.25, -0.2) is 4.79 Å². The summed E-state index contributed by atoms with van der Waals surface area (Å²) in [5.41, 5.74) is 1.79. The molecule has 152 valence electrons. The van der Waals surface area contributed by atoms with Crippen molar-refractivity contribution in [1.82, 2.24) is 5.32 Å². The predicted molar refractivity (Wildman–Crippen MR) is 108 cm³/mol. The van der Waals surface area contributed by atoms with E-state index in [1.165, 1.54) is 0 Å². The molecule has 1 unspecified atom stereocenters. The Morgan fingerprint density at radius 3 is 2.62 bits per heavy atom. The van der Waals surface area contributed by atoms with Crippen LogP contribution in [0.5, 0.6) is 11.5 Å². The van der Waals surface area contributed by atoms with Gasteiger partial charge in [-0.05, 0) is 30.3 Å². The van der Waals surface area contributed by atoms with Crippen molar-refractivity contribution in [2.24, 2.45) is 0 Å². The number of imide groups is 1. The molecule has 0 radical (unpaired) electrons. The standard InChI is InChI=1S/C22H25N3O4/c26-21(24-22(27)23-17-6-2-1-3-7-17)15-25-11-4-8-18(25)16-9-10-19-20(14-16)29-13-5-12-28-19/h1-3,6-7,9-10,14,18H,4-5,8,11-13,15H2,(H2,23,24,26,27)/p+1/t18-/m0/s1. The highest BCUT2D eigenvalue weighted by atomic mass is 16.5. The summed E-state index contributed by atoms with van der Waals surface area (Å²) >= 11 is 0. The minimum Gasteiger partial charge on any atom is -0.490 e. The van der Waals surface area contributed by atoms with E-state index in [1.54, 1.807) is 12.1 Å². The van der Waals surface area contributed by atoms with E-state index in [0.717, 1.165) is 47.8 Å². The highest BCUT2D eigenvalue weighted by Crippen LogP contribution is 2.33. The third-order valence-electron chi connectivity index (χ3n) is 5.33. The number of anilines is 1. The number of ether oxygens (including phenoxy) is 2. The second kappa shape index (κ2) is 8.96. The molecular formula is C22H26N3O4+. The van der Waals surface area contributed by atoms with E-state index < -0.39 is 6.03 Å². The van der Waals surface area contributed by atoms with Gasteiger partial charge in [0.2, 0.25) is 0 Å². The minimum atomic E-state index is -0.507. The van der Waals surface area contributed by atoms with Crippen LogP contribution in [-0.4, -0.2) is 38.2 Å². The van der Waals surface area contributed by atoms with Crippen LogP contribution in [0.3, 0.4) is 0 Å². The molecule has 4 rings (SSSR count). The van der Waals surface area contributed by atoms with Gasteiger partial charge in [0.15, 0.2) is 18.0 Å². The first-order valence-corrected chi connectivity index (χ1v) is 10.1. The van der Waals surface area contributed by atoms with Crippen LogP contribution >= 0.6 is 0 Å². The van der Waals surface area contributed by atoms with E-state index in [9.17, 15) is 9.59 Å². The van der Waals surface area contributed by atoms with Crippen molar-refractivity contribution in [3.63, 3.8) is 0 Å². The number of rotatable bonds is 4. The van der Waals surface area contributed by atoms with Crippen LogP contribution in [0.2, 0.25) is 0 Å². The number of urea groups is 1. The van der Waals surface area contributed by atoms with E-state index in [1.807, 2.05) is 30.3 Å². The molecule has 0 aromatic heterocycles. The van der Waals surface area contributed by atoms with Gasteiger partial charge in [0.05, 0.1) is 19.8 Å². The fourth-order valence-electron chi connectivity index (χ4n) is 3.98. The number of quaternary nitrogens is 1. The van der Waals surface area contributed by atoms with Crippen LogP contribution in [0.15, 0.2) is 48.5 Å². The van der Waals surface area contributed by atoms with Crippen molar-refractivity contribution in [2.45, 2.75) is 25.3 Å². The monoisotopic (exact) mass is 396 g/mol. The number of hydrogen-bond acceptors (Lipinski definition) is 4. The zero-order chi connectivity index (χ0) is 20.1. The summed E-state index contributed by atoms with van der Waals surface area (Å²) < 4.78 is 11.5. The largest absolute Gasteiger partial charge is 0.490 e. The second-order valence-electron chi connectivity index (χ2n) is 7.40. The third kappa shape index (κ3) is 4.86. The lowest BCUT2D eigenvalue weighted by Crippen LogP contribution is -3.11. The van der Waals surface area contributed by atoms with Crippen molar-refractivity contribution in [1.29, 1.82) is 0 Å². The first-order chi connectivity index (χ1) is 14.2. The lowest BCUT2D eigenvalue weighted by molar-refractivity contribution is -0.910. The molecule has 1 saturated heterocycles. The Labute approximate surface area is 170 Å². The van der Waals surface area contributed by atoms with Gasteiger partial charge in [0, 0.05) is 30.5 Å². The zero-order valence-corrected chi connectivity index (χ0v) is 16.3.